The van der Waals surface area contributed by atoms with Crippen molar-refractivity contribution in [2.75, 3.05) is 0 Å². The smallest absolute Gasteiger partial charge is 0.146 e. The van der Waals surface area contributed by atoms with Gasteiger partial charge < -0.3 is 10.3 Å². The topological polar surface area (TPSA) is 61.7 Å². The van der Waals surface area contributed by atoms with E-state index in [-0.39, 0.29) is 6.04 Å². The maximum atomic E-state index is 6.10. The van der Waals surface area contributed by atoms with E-state index in [1.807, 2.05) is 11.7 Å². The Hall–Kier alpha value is -2.14. The zero-order valence-electron chi connectivity index (χ0n) is 12.5. The van der Waals surface area contributed by atoms with Crippen molar-refractivity contribution < 1.29 is 0 Å². The molecular weight excluding hydrogens is 262 g/mol. The number of hydrogen-bond donors (Lipinski definition) is 1. The zero-order valence-corrected chi connectivity index (χ0v) is 12.5. The van der Waals surface area contributed by atoms with Crippen LogP contribution in [0.25, 0.3) is 10.9 Å². The van der Waals surface area contributed by atoms with Crippen LogP contribution in [0, 0.1) is 0 Å². The summed E-state index contributed by atoms with van der Waals surface area (Å²) in [7, 11) is 1.92. The second kappa shape index (κ2) is 5.69. The summed E-state index contributed by atoms with van der Waals surface area (Å²) in [5.74, 6) is 0.947. The molecule has 5 nitrogen and oxygen atoms in total. The van der Waals surface area contributed by atoms with E-state index in [1.54, 1.807) is 6.33 Å². The van der Waals surface area contributed by atoms with Crippen LogP contribution in [0.3, 0.4) is 0 Å². The van der Waals surface area contributed by atoms with Crippen LogP contribution in [0.4, 0.5) is 0 Å². The van der Waals surface area contributed by atoms with Gasteiger partial charge in [0.05, 0.1) is 6.54 Å². The standard InChI is InChI=1S/C16H21N5/c1-3-13(17)9-12-5-4-6-15-14(12)7-8-21(15)10-16-18-11-19-20(16)2/h4-8,11,13H,3,9-10,17H2,1-2H3. The fourth-order valence-electron chi connectivity index (χ4n) is 2.65. The third kappa shape index (κ3) is 2.69. The molecule has 0 radical (unpaired) electrons. The number of nitrogens with zero attached hydrogens (tertiary/aromatic N) is 4. The number of rotatable bonds is 5. The van der Waals surface area contributed by atoms with Crippen LogP contribution in [0.2, 0.25) is 0 Å². The van der Waals surface area contributed by atoms with Gasteiger partial charge in [-0.1, -0.05) is 19.1 Å². The molecule has 3 aromatic rings. The van der Waals surface area contributed by atoms with Crippen molar-refractivity contribution in [2.45, 2.75) is 32.4 Å². The molecule has 1 unspecified atom stereocenters. The molecule has 110 valence electrons. The van der Waals surface area contributed by atoms with Crippen molar-refractivity contribution in [3.05, 3.63) is 48.2 Å². The number of hydrogen-bond acceptors (Lipinski definition) is 3. The van der Waals surface area contributed by atoms with Gasteiger partial charge in [-0.05, 0) is 30.5 Å². The Morgan fingerprint density at radius 3 is 2.86 bits per heavy atom. The highest BCUT2D eigenvalue weighted by atomic mass is 15.3. The summed E-state index contributed by atoms with van der Waals surface area (Å²) in [6, 6.07) is 8.81. The number of aromatic nitrogens is 4. The Labute approximate surface area is 124 Å². The van der Waals surface area contributed by atoms with Gasteiger partial charge >= 0.3 is 0 Å². The van der Waals surface area contributed by atoms with E-state index in [2.05, 4.69) is 52.0 Å². The molecule has 0 aliphatic rings. The van der Waals surface area contributed by atoms with E-state index >= 15 is 0 Å². The first-order chi connectivity index (χ1) is 10.2. The van der Waals surface area contributed by atoms with E-state index < -0.39 is 0 Å². The molecule has 0 bridgehead atoms. The number of fused-ring (bicyclic) bond motifs is 1. The molecule has 0 fully saturated rings. The first-order valence-corrected chi connectivity index (χ1v) is 7.34. The van der Waals surface area contributed by atoms with E-state index in [0.29, 0.717) is 0 Å². The molecule has 0 spiro atoms. The van der Waals surface area contributed by atoms with Crippen molar-refractivity contribution in [3.8, 4) is 0 Å². The molecule has 0 amide bonds. The molecule has 3 rings (SSSR count). The van der Waals surface area contributed by atoms with Crippen LogP contribution < -0.4 is 5.73 Å². The molecule has 0 aliphatic heterocycles. The highest BCUT2D eigenvalue weighted by molar-refractivity contribution is 5.83. The second-order valence-electron chi connectivity index (χ2n) is 5.47. The lowest BCUT2D eigenvalue weighted by atomic mass is 10.0. The zero-order chi connectivity index (χ0) is 14.8. The van der Waals surface area contributed by atoms with Crippen LogP contribution in [0.5, 0.6) is 0 Å². The van der Waals surface area contributed by atoms with Gasteiger partial charge in [0.15, 0.2) is 0 Å². The van der Waals surface area contributed by atoms with Gasteiger partial charge in [0.1, 0.15) is 12.2 Å². The quantitative estimate of drug-likeness (QED) is 0.780. The van der Waals surface area contributed by atoms with Crippen LogP contribution in [-0.2, 0) is 20.0 Å². The van der Waals surface area contributed by atoms with Crippen LogP contribution in [0.15, 0.2) is 36.8 Å². The number of nitrogens with two attached hydrogens (primary N) is 1. The predicted octanol–water partition coefficient (Wildman–Crippen LogP) is 2.10. The summed E-state index contributed by atoms with van der Waals surface area (Å²) in [4.78, 5) is 4.29. The Kier molecular flexibility index (Phi) is 3.75. The van der Waals surface area contributed by atoms with Crippen molar-refractivity contribution in [1.29, 1.82) is 0 Å². The maximum Gasteiger partial charge on any atom is 0.146 e. The summed E-state index contributed by atoms with van der Waals surface area (Å²) in [5, 5.41) is 5.40. The molecular formula is C16H21N5. The summed E-state index contributed by atoms with van der Waals surface area (Å²) >= 11 is 0. The van der Waals surface area contributed by atoms with Gasteiger partial charge in [0.25, 0.3) is 0 Å². The van der Waals surface area contributed by atoms with Crippen molar-refractivity contribution in [1.82, 2.24) is 19.3 Å². The third-order valence-corrected chi connectivity index (χ3v) is 4.03. The monoisotopic (exact) mass is 283 g/mol. The minimum absolute atomic E-state index is 0.220. The molecule has 1 aromatic carbocycles. The van der Waals surface area contributed by atoms with Gasteiger partial charge in [-0.15, -0.1) is 0 Å². The Morgan fingerprint density at radius 2 is 2.14 bits per heavy atom. The van der Waals surface area contributed by atoms with Crippen LogP contribution >= 0.6 is 0 Å². The fraction of sp³-hybridized carbons (Fsp3) is 0.375. The molecule has 1 atom stereocenters. The van der Waals surface area contributed by atoms with Crippen LogP contribution in [-0.4, -0.2) is 25.4 Å². The van der Waals surface area contributed by atoms with Gasteiger partial charge in [-0.3, -0.25) is 4.68 Å². The average molecular weight is 283 g/mol. The highest BCUT2D eigenvalue weighted by Crippen LogP contribution is 2.22. The summed E-state index contributed by atoms with van der Waals surface area (Å²) in [6.07, 6.45) is 5.62. The summed E-state index contributed by atoms with van der Waals surface area (Å²) in [5.41, 5.74) is 8.64. The first-order valence-electron chi connectivity index (χ1n) is 7.34. The Morgan fingerprint density at radius 1 is 1.29 bits per heavy atom. The van der Waals surface area contributed by atoms with E-state index in [9.17, 15) is 0 Å². The lowest BCUT2D eigenvalue weighted by Crippen LogP contribution is -2.21. The van der Waals surface area contributed by atoms with Crippen molar-refractivity contribution in [2.24, 2.45) is 12.8 Å². The molecule has 2 heterocycles. The lowest BCUT2D eigenvalue weighted by molar-refractivity contribution is 0.648. The van der Waals surface area contributed by atoms with Crippen molar-refractivity contribution in [3.63, 3.8) is 0 Å². The first kappa shape index (κ1) is 13.8. The van der Waals surface area contributed by atoms with Gasteiger partial charge in [-0.2, -0.15) is 5.10 Å². The third-order valence-electron chi connectivity index (χ3n) is 4.03. The van der Waals surface area contributed by atoms with E-state index in [0.717, 1.165) is 25.2 Å². The molecule has 5 heteroatoms. The predicted molar refractivity (Wildman–Crippen MR) is 84.0 cm³/mol. The molecule has 0 saturated heterocycles. The van der Waals surface area contributed by atoms with Crippen molar-refractivity contribution >= 4 is 10.9 Å². The minimum Gasteiger partial charge on any atom is -0.340 e. The fourth-order valence-corrected chi connectivity index (χ4v) is 2.65. The molecule has 0 aliphatic carbocycles. The highest BCUT2D eigenvalue weighted by Gasteiger charge is 2.10. The number of aryl methyl sites for hydroxylation is 1. The number of benzene rings is 1. The van der Waals surface area contributed by atoms with E-state index in [1.165, 1.54) is 16.5 Å². The largest absolute Gasteiger partial charge is 0.340 e. The Bertz CT molecular complexity index is 740. The van der Waals surface area contributed by atoms with Gasteiger partial charge in [-0.25, -0.2) is 4.98 Å². The summed E-state index contributed by atoms with van der Waals surface area (Å²) in [6.45, 7) is 2.85. The second-order valence-corrected chi connectivity index (χ2v) is 5.47. The van der Waals surface area contributed by atoms with Gasteiger partial charge in [0.2, 0.25) is 0 Å². The summed E-state index contributed by atoms with van der Waals surface area (Å²) < 4.78 is 4.02. The lowest BCUT2D eigenvalue weighted by Gasteiger charge is -2.10. The maximum absolute atomic E-state index is 6.10. The van der Waals surface area contributed by atoms with Crippen LogP contribution in [0.1, 0.15) is 24.7 Å². The average Bonchev–Trinajstić information content (AvgIpc) is 3.07. The van der Waals surface area contributed by atoms with Gasteiger partial charge in [0, 0.05) is 30.2 Å². The molecule has 21 heavy (non-hydrogen) atoms. The normalized spacial score (nSPS) is 12.9. The molecule has 2 N–H and O–H groups in total. The molecule has 2 aromatic heterocycles. The Balaban J connectivity index is 1.95. The molecule has 0 saturated carbocycles. The SMILES string of the molecule is CCC(N)Cc1cccc2c1ccn2Cc1ncnn1C. The van der Waals surface area contributed by atoms with E-state index in [4.69, 9.17) is 5.73 Å². The minimum atomic E-state index is 0.220.